The molecule has 0 spiro atoms. The highest BCUT2D eigenvalue weighted by Gasteiger charge is 2.28. The zero-order valence-electron chi connectivity index (χ0n) is 13.3. The summed E-state index contributed by atoms with van der Waals surface area (Å²) in [5, 5.41) is 10.3. The van der Waals surface area contributed by atoms with E-state index in [9.17, 15) is 9.59 Å². The zero-order valence-corrected chi connectivity index (χ0v) is 15.7. The molecule has 25 heavy (non-hydrogen) atoms. The standard InChI is InChI=1S/C15H15N3O4S3/c1-2-23-14-17-18-15(25-14)24-8-12(19)16-13(20)11-7-21-9-5-3-4-6-10(9)22-11/h3-6,11H,2,7-8H2,1H3,(H,16,19,20)/t11-/m0/s1. The number of hydrogen-bond acceptors (Lipinski definition) is 9. The summed E-state index contributed by atoms with van der Waals surface area (Å²) in [6.07, 6.45) is -0.849. The van der Waals surface area contributed by atoms with Crippen LogP contribution in [0, 0.1) is 0 Å². The first-order valence-electron chi connectivity index (χ1n) is 7.47. The number of nitrogens with one attached hydrogen (secondary N) is 1. The summed E-state index contributed by atoms with van der Waals surface area (Å²) in [6, 6.07) is 7.09. The Kier molecular flexibility index (Phi) is 6.16. The summed E-state index contributed by atoms with van der Waals surface area (Å²) in [5.74, 6) is 1.16. The molecular formula is C15H15N3O4S3. The van der Waals surface area contributed by atoms with Gasteiger partial charge in [0.25, 0.3) is 5.91 Å². The monoisotopic (exact) mass is 397 g/mol. The molecule has 3 rings (SSSR count). The Labute approximate surface area is 156 Å². The van der Waals surface area contributed by atoms with Crippen molar-refractivity contribution in [3.63, 3.8) is 0 Å². The lowest BCUT2D eigenvalue weighted by atomic mass is 10.2. The van der Waals surface area contributed by atoms with Gasteiger partial charge in [0.2, 0.25) is 12.0 Å². The molecule has 1 aromatic carbocycles. The lowest BCUT2D eigenvalue weighted by Crippen LogP contribution is -2.46. The van der Waals surface area contributed by atoms with Gasteiger partial charge in [-0.3, -0.25) is 14.9 Å². The van der Waals surface area contributed by atoms with Gasteiger partial charge in [-0.1, -0.05) is 53.9 Å². The summed E-state index contributed by atoms with van der Waals surface area (Å²) < 4.78 is 12.6. The number of thioether (sulfide) groups is 2. The maximum atomic E-state index is 12.1. The van der Waals surface area contributed by atoms with E-state index in [1.165, 1.54) is 23.1 Å². The summed E-state index contributed by atoms with van der Waals surface area (Å²) in [4.78, 5) is 24.1. The average Bonchev–Trinajstić information content (AvgIpc) is 3.07. The van der Waals surface area contributed by atoms with Crippen molar-refractivity contribution in [2.45, 2.75) is 21.7 Å². The molecule has 0 unspecified atom stereocenters. The van der Waals surface area contributed by atoms with Gasteiger partial charge in [-0.25, -0.2) is 0 Å². The number of fused-ring (bicyclic) bond motifs is 1. The van der Waals surface area contributed by atoms with Crippen LogP contribution in [-0.4, -0.2) is 46.2 Å². The van der Waals surface area contributed by atoms with Crippen LogP contribution in [0.1, 0.15) is 6.92 Å². The van der Waals surface area contributed by atoms with Crippen molar-refractivity contribution < 1.29 is 19.1 Å². The number of ether oxygens (including phenoxy) is 2. The van der Waals surface area contributed by atoms with Crippen molar-refractivity contribution >= 4 is 46.7 Å². The third-order valence-corrected chi connectivity index (χ3v) is 6.12. The average molecular weight is 398 g/mol. The lowest BCUT2D eigenvalue weighted by Gasteiger charge is -2.25. The van der Waals surface area contributed by atoms with Crippen LogP contribution in [0.4, 0.5) is 0 Å². The first-order valence-corrected chi connectivity index (χ1v) is 10.3. The maximum absolute atomic E-state index is 12.1. The fourth-order valence-electron chi connectivity index (χ4n) is 1.97. The van der Waals surface area contributed by atoms with Gasteiger partial charge in [0, 0.05) is 0 Å². The second-order valence-electron chi connectivity index (χ2n) is 4.83. The topological polar surface area (TPSA) is 90.4 Å². The van der Waals surface area contributed by atoms with E-state index in [0.29, 0.717) is 15.8 Å². The molecule has 1 aliphatic rings. The molecule has 0 saturated carbocycles. The molecule has 1 aromatic heterocycles. The Morgan fingerprint density at radius 2 is 1.96 bits per heavy atom. The number of amides is 2. The van der Waals surface area contributed by atoms with E-state index < -0.39 is 17.9 Å². The predicted molar refractivity (Wildman–Crippen MR) is 96.5 cm³/mol. The van der Waals surface area contributed by atoms with E-state index in [4.69, 9.17) is 9.47 Å². The highest BCUT2D eigenvalue weighted by Crippen LogP contribution is 2.31. The summed E-state index contributed by atoms with van der Waals surface area (Å²) in [6.45, 7) is 2.10. The Hall–Kier alpha value is -1.78. The fourth-order valence-corrected chi connectivity index (χ4v) is 4.68. The molecule has 0 saturated heterocycles. The van der Waals surface area contributed by atoms with E-state index in [1.807, 2.05) is 13.0 Å². The van der Waals surface area contributed by atoms with E-state index in [1.54, 1.807) is 30.0 Å². The molecule has 0 fully saturated rings. The van der Waals surface area contributed by atoms with Gasteiger partial charge < -0.3 is 9.47 Å². The third-order valence-electron chi connectivity index (χ3n) is 3.05. The van der Waals surface area contributed by atoms with Crippen LogP contribution in [0.25, 0.3) is 0 Å². The Bertz CT molecular complexity index is 768. The molecule has 1 atom stereocenters. The highest BCUT2D eigenvalue weighted by molar-refractivity contribution is 8.03. The second kappa shape index (κ2) is 8.54. The van der Waals surface area contributed by atoms with Gasteiger partial charge in [-0.15, -0.1) is 10.2 Å². The Balaban J connectivity index is 1.47. The Morgan fingerprint density at radius 3 is 2.72 bits per heavy atom. The van der Waals surface area contributed by atoms with Crippen LogP contribution in [0.15, 0.2) is 32.9 Å². The molecule has 2 aromatic rings. The minimum absolute atomic E-state index is 0.0667. The molecule has 2 heterocycles. The molecule has 0 aliphatic carbocycles. The van der Waals surface area contributed by atoms with Crippen molar-refractivity contribution in [1.29, 1.82) is 0 Å². The molecule has 1 N–H and O–H groups in total. The second-order valence-corrected chi connectivity index (χ2v) is 8.54. The van der Waals surface area contributed by atoms with Crippen molar-refractivity contribution in [1.82, 2.24) is 15.5 Å². The molecule has 1 aliphatic heterocycles. The number of nitrogens with zero attached hydrogens (tertiary/aromatic N) is 2. The van der Waals surface area contributed by atoms with Crippen LogP contribution < -0.4 is 14.8 Å². The molecule has 2 amide bonds. The van der Waals surface area contributed by atoms with E-state index in [2.05, 4.69) is 15.5 Å². The van der Waals surface area contributed by atoms with Crippen molar-refractivity contribution in [2.75, 3.05) is 18.1 Å². The number of benzene rings is 1. The highest BCUT2D eigenvalue weighted by atomic mass is 32.2. The SMILES string of the molecule is CCSc1nnc(SCC(=O)NC(=O)[C@@H]2COc3ccccc3O2)s1. The summed E-state index contributed by atoms with van der Waals surface area (Å²) in [5.41, 5.74) is 0. The van der Waals surface area contributed by atoms with Gasteiger partial charge in [-0.05, 0) is 17.9 Å². The number of carbonyl (C=O) groups is 2. The van der Waals surface area contributed by atoms with Gasteiger partial charge in [0.1, 0.15) is 6.61 Å². The molecule has 132 valence electrons. The van der Waals surface area contributed by atoms with E-state index in [-0.39, 0.29) is 12.4 Å². The Morgan fingerprint density at radius 1 is 1.24 bits per heavy atom. The van der Waals surface area contributed by atoms with Crippen LogP contribution in [0.3, 0.4) is 0 Å². The van der Waals surface area contributed by atoms with E-state index in [0.717, 1.165) is 10.1 Å². The van der Waals surface area contributed by atoms with Crippen LogP contribution in [-0.2, 0) is 9.59 Å². The number of carbonyl (C=O) groups excluding carboxylic acids is 2. The summed E-state index contributed by atoms with van der Waals surface area (Å²) >= 11 is 4.28. The van der Waals surface area contributed by atoms with Gasteiger partial charge in [0.15, 0.2) is 20.2 Å². The van der Waals surface area contributed by atoms with Crippen molar-refractivity contribution in [3.05, 3.63) is 24.3 Å². The molecular weight excluding hydrogens is 382 g/mol. The van der Waals surface area contributed by atoms with Crippen LogP contribution in [0.5, 0.6) is 11.5 Å². The van der Waals surface area contributed by atoms with Gasteiger partial charge in [0.05, 0.1) is 5.75 Å². The van der Waals surface area contributed by atoms with Gasteiger partial charge in [-0.2, -0.15) is 0 Å². The number of rotatable bonds is 6. The smallest absolute Gasteiger partial charge is 0.271 e. The zero-order chi connectivity index (χ0) is 17.6. The van der Waals surface area contributed by atoms with Crippen LogP contribution >= 0.6 is 34.9 Å². The minimum atomic E-state index is -0.849. The first-order chi connectivity index (χ1) is 12.2. The van der Waals surface area contributed by atoms with Crippen LogP contribution in [0.2, 0.25) is 0 Å². The minimum Gasteiger partial charge on any atom is -0.485 e. The van der Waals surface area contributed by atoms with Crippen molar-refractivity contribution in [2.24, 2.45) is 0 Å². The quantitative estimate of drug-likeness (QED) is 0.742. The van der Waals surface area contributed by atoms with Gasteiger partial charge >= 0.3 is 0 Å². The molecule has 7 nitrogen and oxygen atoms in total. The number of para-hydroxylation sites is 2. The molecule has 0 radical (unpaired) electrons. The normalized spacial score (nSPS) is 15.6. The molecule has 10 heteroatoms. The number of aromatic nitrogens is 2. The maximum Gasteiger partial charge on any atom is 0.271 e. The number of hydrogen-bond donors (Lipinski definition) is 1. The fraction of sp³-hybridized carbons (Fsp3) is 0.333. The predicted octanol–water partition coefficient (Wildman–Crippen LogP) is 2.22. The largest absolute Gasteiger partial charge is 0.485 e. The lowest BCUT2D eigenvalue weighted by molar-refractivity contribution is -0.135. The first kappa shape index (κ1) is 18.0. The molecule has 0 bridgehead atoms. The third kappa shape index (κ3) is 4.86. The number of imide groups is 1. The van der Waals surface area contributed by atoms with E-state index >= 15 is 0 Å². The van der Waals surface area contributed by atoms with Crippen molar-refractivity contribution in [3.8, 4) is 11.5 Å². The summed E-state index contributed by atoms with van der Waals surface area (Å²) in [7, 11) is 0.